The number of thioether (sulfide) groups is 1. The van der Waals surface area contributed by atoms with E-state index < -0.39 is 0 Å². The molecule has 3 rings (SSSR count). The van der Waals surface area contributed by atoms with Crippen molar-refractivity contribution in [3.63, 3.8) is 0 Å². The number of fused-ring (bicyclic) bond motifs is 1. The molecular formula is C16H23NOS. The third-order valence-corrected chi connectivity index (χ3v) is 5.55. The summed E-state index contributed by atoms with van der Waals surface area (Å²) in [7, 11) is 0. The first kappa shape index (κ1) is 13.3. The van der Waals surface area contributed by atoms with Crippen LogP contribution in [0.1, 0.15) is 37.2 Å². The third-order valence-electron chi connectivity index (χ3n) is 4.45. The topological polar surface area (TPSA) is 21.3 Å². The van der Waals surface area contributed by atoms with Gasteiger partial charge in [-0.15, -0.1) is 0 Å². The normalized spacial score (nSPS) is 29.8. The summed E-state index contributed by atoms with van der Waals surface area (Å²) in [5, 5.41) is 4.66. The highest BCUT2D eigenvalue weighted by atomic mass is 32.2. The summed E-state index contributed by atoms with van der Waals surface area (Å²) in [6.45, 7) is 1.97. The molecule has 1 N–H and O–H groups in total. The molecule has 0 bridgehead atoms. The summed E-state index contributed by atoms with van der Waals surface area (Å²) in [5.41, 5.74) is 1.39. The van der Waals surface area contributed by atoms with E-state index in [2.05, 4.69) is 35.8 Å². The first-order valence-electron chi connectivity index (χ1n) is 7.34. The monoisotopic (exact) mass is 277 g/mol. The van der Waals surface area contributed by atoms with Gasteiger partial charge in [0.15, 0.2) is 0 Å². The van der Waals surface area contributed by atoms with Crippen LogP contribution in [0, 0.1) is 0 Å². The lowest BCUT2D eigenvalue weighted by molar-refractivity contribution is 0.262. The van der Waals surface area contributed by atoms with Gasteiger partial charge in [0, 0.05) is 23.8 Å². The molecular weight excluding hydrogens is 254 g/mol. The lowest BCUT2D eigenvalue weighted by Gasteiger charge is -2.27. The minimum atomic E-state index is 0.623. The van der Waals surface area contributed by atoms with Crippen molar-refractivity contribution in [2.45, 2.75) is 42.9 Å². The van der Waals surface area contributed by atoms with Crippen molar-refractivity contribution in [1.29, 1.82) is 0 Å². The Morgan fingerprint density at radius 3 is 3.00 bits per heavy atom. The van der Waals surface area contributed by atoms with E-state index in [0.29, 0.717) is 5.92 Å². The standard InChI is InChI=1S/C16H23NOS/c1-19-14-7-6-13(10-14)17-11-12-8-9-18-16-5-3-2-4-15(12)16/h2-5,12-14,17H,6-11H2,1H3. The fraction of sp³-hybridized carbons (Fsp3) is 0.625. The molecule has 19 heavy (non-hydrogen) atoms. The summed E-state index contributed by atoms with van der Waals surface area (Å²) in [4.78, 5) is 0. The van der Waals surface area contributed by atoms with Crippen molar-refractivity contribution in [3.05, 3.63) is 29.8 Å². The predicted molar refractivity (Wildman–Crippen MR) is 82.2 cm³/mol. The molecule has 1 saturated carbocycles. The second kappa shape index (κ2) is 6.19. The summed E-state index contributed by atoms with van der Waals surface area (Å²) in [6, 6.07) is 9.24. The number of rotatable bonds is 4. The van der Waals surface area contributed by atoms with Crippen LogP contribution in [0.4, 0.5) is 0 Å². The lowest BCUT2D eigenvalue weighted by atomic mass is 9.93. The SMILES string of the molecule is CSC1CCC(NCC2CCOc3ccccc32)C1. The predicted octanol–water partition coefficient (Wildman–Crippen LogP) is 3.43. The van der Waals surface area contributed by atoms with E-state index in [-0.39, 0.29) is 0 Å². The van der Waals surface area contributed by atoms with Crippen LogP contribution in [-0.4, -0.2) is 30.7 Å². The second-order valence-electron chi connectivity index (χ2n) is 5.65. The van der Waals surface area contributed by atoms with Gasteiger partial charge in [0.1, 0.15) is 5.75 Å². The molecule has 3 unspecified atom stereocenters. The minimum Gasteiger partial charge on any atom is -0.493 e. The Hall–Kier alpha value is -0.670. The van der Waals surface area contributed by atoms with Crippen molar-refractivity contribution < 1.29 is 4.74 Å². The average Bonchev–Trinajstić information content (AvgIpc) is 2.93. The molecule has 1 aromatic rings. The van der Waals surface area contributed by atoms with Crippen molar-refractivity contribution >= 4 is 11.8 Å². The van der Waals surface area contributed by atoms with Crippen LogP contribution < -0.4 is 10.1 Å². The van der Waals surface area contributed by atoms with Crippen molar-refractivity contribution in [2.24, 2.45) is 0 Å². The van der Waals surface area contributed by atoms with E-state index in [1.54, 1.807) is 0 Å². The maximum Gasteiger partial charge on any atom is 0.122 e. The van der Waals surface area contributed by atoms with E-state index in [9.17, 15) is 0 Å². The molecule has 0 spiro atoms. The van der Waals surface area contributed by atoms with Gasteiger partial charge in [-0.3, -0.25) is 0 Å². The van der Waals surface area contributed by atoms with Crippen LogP contribution in [-0.2, 0) is 0 Å². The van der Waals surface area contributed by atoms with Crippen LogP contribution in [0.25, 0.3) is 0 Å². The quantitative estimate of drug-likeness (QED) is 0.911. The highest BCUT2D eigenvalue weighted by Crippen LogP contribution is 2.34. The molecule has 1 aromatic carbocycles. The van der Waals surface area contributed by atoms with E-state index in [0.717, 1.165) is 36.6 Å². The maximum absolute atomic E-state index is 5.73. The molecule has 1 aliphatic heterocycles. The average molecular weight is 277 g/mol. The Labute approximate surface area is 120 Å². The van der Waals surface area contributed by atoms with Gasteiger partial charge in [-0.05, 0) is 43.6 Å². The van der Waals surface area contributed by atoms with Gasteiger partial charge in [-0.1, -0.05) is 18.2 Å². The van der Waals surface area contributed by atoms with Crippen molar-refractivity contribution in [2.75, 3.05) is 19.4 Å². The van der Waals surface area contributed by atoms with Gasteiger partial charge in [0.05, 0.1) is 6.61 Å². The van der Waals surface area contributed by atoms with Gasteiger partial charge in [-0.25, -0.2) is 0 Å². The number of hydrogen-bond acceptors (Lipinski definition) is 3. The molecule has 0 amide bonds. The summed E-state index contributed by atoms with van der Waals surface area (Å²) < 4.78 is 5.73. The first-order chi connectivity index (χ1) is 9.36. The lowest BCUT2D eigenvalue weighted by Crippen LogP contribution is -2.32. The van der Waals surface area contributed by atoms with Gasteiger partial charge in [-0.2, -0.15) is 11.8 Å². The summed E-state index contributed by atoms with van der Waals surface area (Å²) in [6.07, 6.45) is 7.44. The highest BCUT2D eigenvalue weighted by molar-refractivity contribution is 7.99. The molecule has 1 heterocycles. The van der Waals surface area contributed by atoms with Crippen LogP contribution in [0.5, 0.6) is 5.75 Å². The van der Waals surface area contributed by atoms with Gasteiger partial charge in [0.25, 0.3) is 0 Å². The highest BCUT2D eigenvalue weighted by Gasteiger charge is 2.26. The molecule has 0 aromatic heterocycles. The Morgan fingerprint density at radius 2 is 2.16 bits per heavy atom. The van der Waals surface area contributed by atoms with E-state index in [4.69, 9.17) is 4.74 Å². The number of ether oxygens (including phenoxy) is 1. The number of benzene rings is 1. The van der Waals surface area contributed by atoms with E-state index in [1.165, 1.54) is 24.8 Å². The molecule has 3 heteroatoms. The molecule has 2 nitrogen and oxygen atoms in total. The summed E-state index contributed by atoms with van der Waals surface area (Å²) in [5.74, 6) is 1.72. The third kappa shape index (κ3) is 3.09. The zero-order chi connectivity index (χ0) is 13.1. The Kier molecular flexibility index (Phi) is 4.34. The Morgan fingerprint density at radius 1 is 1.26 bits per heavy atom. The molecule has 2 aliphatic rings. The zero-order valence-electron chi connectivity index (χ0n) is 11.6. The molecule has 3 atom stereocenters. The number of para-hydroxylation sites is 1. The van der Waals surface area contributed by atoms with Gasteiger partial charge in [0.2, 0.25) is 0 Å². The second-order valence-corrected chi connectivity index (χ2v) is 6.79. The van der Waals surface area contributed by atoms with Crippen LogP contribution in [0.15, 0.2) is 24.3 Å². The van der Waals surface area contributed by atoms with E-state index in [1.807, 2.05) is 11.8 Å². The summed E-state index contributed by atoms with van der Waals surface area (Å²) >= 11 is 2.03. The fourth-order valence-electron chi connectivity index (χ4n) is 3.28. The first-order valence-corrected chi connectivity index (χ1v) is 8.63. The molecule has 0 radical (unpaired) electrons. The Bertz CT molecular complexity index is 423. The van der Waals surface area contributed by atoms with Crippen LogP contribution >= 0.6 is 11.8 Å². The zero-order valence-corrected chi connectivity index (χ0v) is 12.4. The van der Waals surface area contributed by atoms with E-state index >= 15 is 0 Å². The van der Waals surface area contributed by atoms with Gasteiger partial charge < -0.3 is 10.1 Å². The molecule has 1 aliphatic carbocycles. The molecule has 1 fully saturated rings. The van der Waals surface area contributed by atoms with Gasteiger partial charge >= 0.3 is 0 Å². The fourth-order valence-corrected chi connectivity index (χ4v) is 4.07. The molecule has 104 valence electrons. The molecule has 0 saturated heterocycles. The van der Waals surface area contributed by atoms with Crippen molar-refractivity contribution in [3.8, 4) is 5.75 Å². The number of nitrogens with one attached hydrogen (secondary N) is 1. The Balaban J connectivity index is 1.57. The largest absolute Gasteiger partial charge is 0.493 e. The van der Waals surface area contributed by atoms with Crippen molar-refractivity contribution in [1.82, 2.24) is 5.32 Å². The van der Waals surface area contributed by atoms with Crippen LogP contribution in [0.2, 0.25) is 0 Å². The van der Waals surface area contributed by atoms with Crippen LogP contribution in [0.3, 0.4) is 0 Å². The minimum absolute atomic E-state index is 0.623. The smallest absolute Gasteiger partial charge is 0.122 e. The number of hydrogen-bond donors (Lipinski definition) is 1. The maximum atomic E-state index is 5.73.